The van der Waals surface area contributed by atoms with E-state index >= 15 is 0 Å². The molecule has 1 aromatic rings. The quantitative estimate of drug-likeness (QED) is 0.557. The molecule has 21 heavy (non-hydrogen) atoms. The molecular formula is C16H19NO4. The van der Waals surface area contributed by atoms with Gasteiger partial charge in [0.05, 0.1) is 19.3 Å². The molecule has 0 saturated carbocycles. The number of ether oxygens (including phenoxy) is 2. The van der Waals surface area contributed by atoms with Crippen molar-refractivity contribution in [3.05, 3.63) is 29.8 Å². The third-order valence-corrected chi connectivity index (χ3v) is 2.64. The van der Waals surface area contributed by atoms with Crippen LogP contribution in [0.15, 0.2) is 24.3 Å². The number of unbranched alkanes of at least 4 members (excludes halogenated alkanes) is 2. The maximum absolute atomic E-state index is 10.6. The van der Waals surface area contributed by atoms with Crippen molar-refractivity contribution in [1.82, 2.24) is 0 Å². The number of rotatable bonds is 9. The van der Waals surface area contributed by atoms with Crippen LogP contribution in [-0.4, -0.2) is 24.3 Å². The predicted octanol–water partition coefficient (Wildman–Crippen LogP) is 3.26. The monoisotopic (exact) mass is 289 g/mol. The third-order valence-electron chi connectivity index (χ3n) is 2.64. The summed E-state index contributed by atoms with van der Waals surface area (Å²) in [6, 6.07) is 7.43. The molecule has 5 nitrogen and oxygen atoms in total. The van der Waals surface area contributed by atoms with Crippen LogP contribution in [0.3, 0.4) is 0 Å². The number of aliphatic carboxylic acids is 1. The standard InChI is InChI=1S/C16H19NO4/c1-2-20-14-8-6-7-13(9-10-15(18)19)16(14)21-12-5-3-4-11-17/h6-10H,2-5,12H2,1H3,(H,18,19). The van der Waals surface area contributed by atoms with Crippen molar-refractivity contribution < 1.29 is 19.4 Å². The second-order valence-electron chi connectivity index (χ2n) is 4.24. The van der Waals surface area contributed by atoms with Gasteiger partial charge in [-0.2, -0.15) is 5.26 Å². The molecule has 1 rings (SSSR count). The van der Waals surface area contributed by atoms with Crippen LogP contribution in [0.1, 0.15) is 31.7 Å². The SMILES string of the molecule is CCOc1cccc(C=CC(=O)O)c1OCCCCC#N. The summed E-state index contributed by atoms with van der Waals surface area (Å²) in [5.41, 5.74) is 0.656. The zero-order chi connectivity index (χ0) is 15.5. The van der Waals surface area contributed by atoms with Crippen molar-refractivity contribution in [2.24, 2.45) is 0 Å². The number of nitriles is 1. The van der Waals surface area contributed by atoms with E-state index in [9.17, 15) is 4.79 Å². The van der Waals surface area contributed by atoms with Gasteiger partial charge < -0.3 is 14.6 Å². The van der Waals surface area contributed by atoms with Gasteiger partial charge in [-0.25, -0.2) is 4.79 Å². The number of carbonyl (C=O) groups is 1. The van der Waals surface area contributed by atoms with E-state index in [4.69, 9.17) is 19.8 Å². The minimum atomic E-state index is -1.02. The lowest BCUT2D eigenvalue weighted by Crippen LogP contribution is -2.02. The minimum Gasteiger partial charge on any atom is -0.490 e. The highest BCUT2D eigenvalue weighted by Crippen LogP contribution is 2.32. The fourth-order valence-electron chi connectivity index (χ4n) is 1.73. The summed E-state index contributed by atoms with van der Waals surface area (Å²) in [6.45, 7) is 2.83. The lowest BCUT2D eigenvalue weighted by atomic mass is 10.1. The molecule has 0 aliphatic heterocycles. The molecule has 0 bridgehead atoms. The summed E-state index contributed by atoms with van der Waals surface area (Å²) < 4.78 is 11.2. The van der Waals surface area contributed by atoms with E-state index < -0.39 is 5.97 Å². The van der Waals surface area contributed by atoms with Crippen molar-refractivity contribution in [1.29, 1.82) is 5.26 Å². The molecule has 0 amide bonds. The van der Waals surface area contributed by atoms with Gasteiger partial charge in [-0.1, -0.05) is 12.1 Å². The molecule has 112 valence electrons. The van der Waals surface area contributed by atoms with Crippen LogP contribution < -0.4 is 9.47 Å². The van der Waals surface area contributed by atoms with Gasteiger partial charge in [0.2, 0.25) is 0 Å². The maximum atomic E-state index is 10.6. The third kappa shape index (κ3) is 6.00. The van der Waals surface area contributed by atoms with E-state index in [1.165, 1.54) is 6.08 Å². The van der Waals surface area contributed by atoms with Gasteiger partial charge in [-0.05, 0) is 31.9 Å². The highest BCUT2D eigenvalue weighted by Gasteiger charge is 2.09. The molecule has 0 aliphatic carbocycles. The van der Waals surface area contributed by atoms with Crippen LogP contribution in [-0.2, 0) is 4.79 Å². The largest absolute Gasteiger partial charge is 0.490 e. The Hall–Kier alpha value is -2.48. The zero-order valence-electron chi connectivity index (χ0n) is 12.0. The minimum absolute atomic E-state index is 0.458. The lowest BCUT2D eigenvalue weighted by Gasteiger charge is -2.14. The lowest BCUT2D eigenvalue weighted by molar-refractivity contribution is -0.131. The Kier molecular flexibility index (Phi) is 7.44. The van der Waals surface area contributed by atoms with Crippen molar-refractivity contribution in [2.75, 3.05) is 13.2 Å². The highest BCUT2D eigenvalue weighted by molar-refractivity contribution is 5.86. The second-order valence-corrected chi connectivity index (χ2v) is 4.24. The Morgan fingerprint density at radius 3 is 2.86 bits per heavy atom. The van der Waals surface area contributed by atoms with Crippen molar-refractivity contribution in [3.63, 3.8) is 0 Å². The number of hydrogen-bond donors (Lipinski definition) is 1. The average molecular weight is 289 g/mol. The van der Waals surface area contributed by atoms with Gasteiger partial charge in [0, 0.05) is 18.1 Å². The fourth-order valence-corrected chi connectivity index (χ4v) is 1.73. The Morgan fingerprint density at radius 1 is 1.38 bits per heavy atom. The Labute approximate surface area is 124 Å². The molecule has 0 aromatic heterocycles. The second kappa shape index (κ2) is 9.43. The van der Waals surface area contributed by atoms with E-state index in [1.807, 2.05) is 6.92 Å². The predicted molar refractivity (Wildman–Crippen MR) is 79.2 cm³/mol. The molecule has 5 heteroatoms. The molecule has 1 N–H and O–H groups in total. The number of para-hydroxylation sites is 1. The van der Waals surface area contributed by atoms with Gasteiger partial charge in [0.25, 0.3) is 0 Å². The molecule has 0 radical (unpaired) electrons. The average Bonchev–Trinajstić information content (AvgIpc) is 2.46. The molecule has 1 aromatic carbocycles. The summed E-state index contributed by atoms with van der Waals surface area (Å²) in [7, 11) is 0. The van der Waals surface area contributed by atoms with Crippen LogP contribution in [0.25, 0.3) is 6.08 Å². The topological polar surface area (TPSA) is 79.6 Å². The van der Waals surface area contributed by atoms with Crippen molar-refractivity contribution in [3.8, 4) is 17.6 Å². The van der Waals surface area contributed by atoms with Gasteiger partial charge in [0.15, 0.2) is 11.5 Å². The molecule has 0 heterocycles. The van der Waals surface area contributed by atoms with E-state index in [0.717, 1.165) is 18.9 Å². The Balaban J connectivity index is 2.84. The first-order valence-electron chi connectivity index (χ1n) is 6.85. The smallest absolute Gasteiger partial charge is 0.328 e. The molecule has 0 saturated heterocycles. The number of benzene rings is 1. The van der Waals surface area contributed by atoms with Crippen LogP contribution in [0, 0.1) is 11.3 Å². The number of carboxylic acids is 1. The Bertz CT molecular complexity index is 532. The normalized spacial score (nSPS) is 10.3. The van der Waals surface area contributed by atoms with Crippen molar-refractivity contribution >= 4 is 12.0 Å². The van der Waals surface area contributed by atoms with E-state index in [1.54, 1.807) is 18.2 Å². The van der Waals surface area contributed by atoms with Gasteiger partial charge >= 0.3 is 5.97 Å². The number of hydrogen-bond acceptors (Lipinski definition) is 4. The molecule has 0 atom stereocenters. The maximum Gasteiger partial charge on any atom is 0.328 e. The summed E-state index contributed by atoms with van der Waals surface area (Å²) in [4.78, 5) is 10.6. The van der Waals surface area contributed by atoms with E-state index in [0.29, 0.717) is 36.7 Å². The van der Waals surface area contributed by atoms with Crippen molar-refractivity contribution in [2.45, 2.75) is 26.2 Å². The van der Waals surface area contributed by atoms with Crippen LogP contribution in [0.2, 0.25) is 0 Å². The van der Waals surface area contributed by atoms with Crippen LogP contribution in [0.4, 0.5) is 0 Å². The fraction of sp³-hybridized carbons (Fsp3) is 0.375. The first-order valence-corrected chi connectivity index (χ1v) is 6.85. The summed E-state index contributed by atoms with van der Waals surface area (Å²) >= 11 is 0. The van der Waals surface area contributed by atoms with E-state index in [2.05, 4.69) is 6.07 Å². The molecule has 0 unspecified atom stereocenters. The first kappa shape index (κ1) is 16.6. The summed E-state index contributed by atoms with van der Waals surface area (Å²) in [5.74, 6) is 0.107. The first-order chi connectivity index (χ1) is 10.2. The number of nitrogens with zero attached hydrogens (tertiary/aromatic N) is 1. The Morgan fingerprint density at radius 2 is 2.19 bits per heavy atom. The molecular weight excluding hydrogens is 270 g/mol. The molecule has 0 aliphatic rings. The number of carboxylic acid groups (broad SMARTS) is 1. The van der Waals surface area contributed by atoms with Gasteiger partial charge in [-0.3, -0.25) is 0 Å². The zero-order valence-corrected chi connectivity index (χ0v) is 12.0. The van der Waals surface area contributed by atoms with Gasteiger partial charge in [0.1, 0.15) is 0 Å². The van der Waals surface area contributed by atoms with Crippen LogP contribution >= 0.6 is 0 Å². The van der Waals surface area contributed by atoms with E-state index in [-0.39, 0.29) is 0 Å². The van der Waals surface area contributed by atoms with Crippen LogP contribution in [0.5, 0.6) is 11.5 Å². The highest BCUT2D eigenvalue weighted by atomic mass is 16.5. The summed E-state index contributed by atoms with van der Waals surface area (Å²) in [6.07, 6.45) is 4.58. The van der Waals surface area contributed by atoms with Gasteiger partial charge in [-0.15, -0.1) is 0 Å². The molecule has 0 fully saturated rings. The molecule has 0 spiro atoms. The summed E-state index contributed by atoms with van der Waals surface area (Å²) in [5, 5.41) is 17.2.